The van der Waals surface area contributed by atoms with Crippen LogP contribution in [-0.4, -0.2) is 21.9 Å². The minimum absolute atomic E-state index is 0.0510. The summed E-state index contributed by atoms with van der Waals surface area (Å²) in [6.45, 7) is 0. The number of thioether (sulfide) groups is 1. The van der Waals surface area contributed by atoms with Gasteiger partial charge in [-0.3, -0.25) is 9.59 Å². The first-order valence-corrected chi connectivity index (χ1v) is 11.5. The van der Waals surface area contributed by atoms with Gasteiger partial charge in [-0.2, -0.15) is 11.3 Å². The van der Waals surface area contributed by atoms with Crippen molar-refractivity contribution in [2.45, 2.75) is 22.1 Å². The molecule has 4 rings (SSSR count). The van der Waals surface area contributed by atoms with E-state index in [9.17, 15) is 14.0 Å². The van der Waals surface area contributed by atoms with Crippen molar-refractivity contribution in [1.82, 2.24) is 10.3 Å². The first-order chi connectivity index (χ1) is 13.9. The number of halogens is 3. The minimum Gasteiger partial charge on any atom is -0.339 e. The number of benzene rings is 1. The predicted octanol–water partition coefficient (Wildman–Crippen LogP) is 5.19. The van der Waals surface area contributed by atoms with Crippen molar-refractivity contribution in [3.8, 4) is 0 Å². The number of amides is 1. The summed E-state index contributed by atoms with van der Waals surface area (Å²) in [6.07, 6.45) is 0.0510. The molecule has 1 fully saturated rings. The third-order valence-corrected chi connectivity index (χ3v) is 7.48. The molecule has 4 nitrogen and oxygen atoms in total. The van der Waals surface area contributed by atoms with Gasteiger partial charge in [0.25, 0.3) is 0 Å². The molecule has 9 heteroatoms. The van der Waals surface area contributed by atoms with Crippen LogP contribution in [0.2, 0.25) is 5.02 Å². The molecule has 0 bridgehead atoms. The van der Waals surface area contributed by atoms with Gasteiger partial charge < -0.3 is 5.32 Å². The number of pyridine rings is 1. The van der Waals surface area contributed by atoms with Crippen molar-refractivity contribution in [1.29, 1.82) is 0 Å². The van der Waals surface area contributed by atoms with Crippen LogP contribution in [0.25, 0.3) is 0 Å². The summed E-state index contributed by atoms with van der Waals surface area (Å²) in [5, 5.41) is 6.02. The molecule has 3 heterocycles. The molecular formula is C20H13BrClFN2O2S2. The van der Waals surface area contributed by atoms with Crippen LogP contribution in [0.3, 0.4) is 0 Å². The second kappa shape index (κ2) is 8.18. The minimum atomic E-state index is -1.04. The summed E-state index contributed by atoms with van der Waals surface area (Å²) in [5.41, 5.74) is 0.343. The molecule has 3 aromatic rings. The number of aromatic nitrogens is 1. The Morgan fingerprint density at radius 1 is 1.28 bits per heavy atom. The fraction of sp³-hybridized carbons (Fsp3) is 0.150. The van der Waals surface area contributed by atoms with Crippen molar-refractivity contribution in [2.24, 2.45) is 0 Å². The molecule has 0 spiro atoms. The van der Waals surface area contributed by atoms with E-state index in [-0.39, 0.29) is 17.2 Å². The van der Waals surface area contributed by atoms with Gasteiger partial charge in [0.15, 0.2) is 5.78 Å². The lowest BCUT2D eigenvalue weighted by atomic mass is 9.79. The third-order valence-electron chi connectivity index (χ3n) is 4.61. The molecule has 1 saturated heterocycles. The molecular weight excluding hydrogens is 499 g/mol. The molecule has 1 aliphatic heterocycles. The largest absolute Gasteiger partial charge is 0.339 e. The maximum atomic E-state index is 13.3. The van der Waals surface area contributed by atoms with E-state index in [1.165, 1.54) is 23.5 Å². The number of hydrogen-bond acceptors (Lipinski definition) is 5. The Bertz CT molecular complexity index is 1080. The van der Waals surface area contributed by atoms with E-state index in [1.807, 2.05) is 22.9 Å². The number of Topliss-reactive ketones (excluding diaryl/α,β-unsaturated/α-hetero) is 1. The molecule has 1 aromatic carbocycles. The number of nitrogens with zero attached hydrogens (tertiary/aromatic N) is 1. The molecule has 0 radical (unpaired) electrons. The molecule has 29 heavy (non-hydrogen) atoms. The van der Waals surface area contributed by atoms with Crippen molar-refractivity contribution < 1.29 is 14.0 Å². The zero-order chi connectivity index (χ0) is 20.6. The summed E-state index contributed by atoms with van der Waals surface area (Å²) in [7, 11) is 0. The quantitative estimate of drug-likeness (QED) is 0.387. The number of carbonyl (C=O) groups is 2. The van der Waals surface area contributed by atoms with E-state index in [0.717, 1.165) is 23.4 Å². The number of piperidine rings is 1. The van der Waals surface area contributed by atoms with Gasteiger partial charge in [0.1, 0.15) is 21.2 Å². The second-order valence-electron chi connectivity index (χ2n) is 6.47. The Morgan fingerprint density at radius 3 is 2.76 bits per heavy atom. The first-order valence-electron chi connectivity index (χ1n) is 8.51. The fourth-order valence-electron chi connectivity index (χ4n) is 3.27. The molecule has 2 atom stereocenters. The Labute approximate surface area is 188 Å². The average molecular weight is 512 g/mol. The van der Waals surface area contributed by atoms with Crippen LogP contribution < -0.4 is 5.32 Å². The lowest BCUT2D eigenvalue weighted by Crippen LogP contribution is -2.58. The van der Waals surface area contributed by atoms with E-state index in [4.69, 9.17) is 11.6 Å². The van der Waals surface area contributed by atoms with Gasteiger partial charge in [-0.1, -0.05) is 17.7 Å². The van der Waals surface area contributed by atoms with Gasteiger partial charge >= 0.3 is 0 Å². The van der Waals surface area contributed by atoms with Crippen molar-refractivity contribution >= 4 is 62.3 Å². The Balaban J connectivity index is 1.70. The van der Waals surface area contributed by atoms with Gasteiger partial charge in [-0.05, 0) is 68.7 Å². The Kier molecular flexibility index (Phi) is 5.79. The molecule has 0 aliphatic carbocycles. The van der Waals surface area contributed by atoms with Crippen LogP contribution in [0.15, 0.2) is 62.7 Å². The van der Waals surface area contributed by atoms with Crippen molar-refractivity contribution in [3.63, 3.8) is 0 Å². The van der Waals surface area contributed by atoms with Crippen LogP contribution in [0.4, 0.5) is 4.39 Å². The van der Waals surface area contributed by atoms with Crippen LogP contribution in [0, 0.1) is 5.82 Å². The molecule has 1 N–H and O–H groups in total. The van der Waals surface area contributed by atoms with Gasteiger partial charge in [0.05, 0.1) is 10.7 Å². The van der Waals surface area contributed by atoms with Crippen LogP contribution >= 0.6 is 50.6 Å². The first kappa shape index (κ1) is 20.5. The van der Waals surface area contributed by atoms with Gasteiger partial charge in [-0.25, -0.2) is 9.37 Å². The van der Waals surface area contributed by atoms with E-state index >= 15 is 0 Å². The van der Waals surface area contributed by atoms with E-state index < -0.39 is 22.5 Å². The van der Waals surface area contributed by atoms with E-state index in [2.05, 4.69) is 26.2 Å². The lowest BCUT2D eigenvalue weighted by Gasteiger charge is -2.39. The molecule has 2 aromatic heterocycles. The Hall–Kier alpha value is -1.74. The number of hydrogen-bond donors (Lipinski definition) is 1. The Morgan fingerprint density at radius 2 is 2.10 bits per heavy atom. The third kappa shape index (κ3) is 3.99. The average Bonchev–Trinajstić information content (AvgIpc) is 3.21. The number of carbonyl (C=O) groups excluding carboxylic acids is 2. The monoisotopic (exact) mass is 510 g/mol. The van der Waals surface area contributed by atoms with E-state index in [1.54, 1.807) is 12.1 Å². The molecule has 2 unspecified atom stereocenters. The highest BCUT2D eigenvalue weighted by atomic mass is 79.9. The maximum absolute atomic E-state index is 13.3. The second-order valence-corrected chi connectivity index (χ2v) is 9.61. The van der Waals surface area contributed by atoms with Crippen molar-refractivity contribution in [2.75, 3.05) is 0 Å². The van der Waals surface area contributed by atoms with Gasteiger partial charge in [0.2, 0.25) is 5.91 Å². The molecule has 148 valence electrons. The molecule has 0 saturated carbocycles. The van der Waals surface area contributed by atoms with Crippen LogP contribution in [-0.2, 0) is 15.1 Å². The highest BCUT2D eigenvalue weighted by Crippen LogP contribution is 2.41. The summed E-state index contributed by atoms with van der Waals surface area (Å²) in [5.74, 6) is -1.15. The van der Waals surface area contributed by atoms with Gasteiger partial charge in [-0.15, -0.1) is 11.8 Å². The maximum Gasteiger partial charge on any atom is 0.242 e. The zero-order valence-corrected chi connectivity index (χ0v) is 18.7. The summed E-state index contributed by atoms with van der Waals surface area (Å²) in [4.78, 5) is 31.2. The van der Waals surface area contributed by atoms with Crippen LogP contribution in [0.1, 0.15) is 17.7 Å². The standard InChI is InChI=1S/C20H13BrClFN2O2S2/c21-17-3-1-2-16(24-17)20(11-6-7-28-10-11)9-14(26)18(19(27)25-20)29-15-5-4-12(23)8-13(15)22/h1-8,10,18H,9H2,(H,25,27). The molecule has 1 aliphatic rings. The summed E-state index contributed by atoms with van der Waals surface area (Å²) >= 11 is 11.9. The smallest absolute Gasteiger partial charge is 0.242 e. The highest BCUT2D eigenvalue weighted by Gasteiger charge is 2.48. The topological polar surface area (TPSA) is 59.1 Å². The lowest BCUT2D eigenvalue weighted by molar-refractivity contribution is -0.133. The number of rotatable bonds is 4. The van der Waals surface area contributed by atoms with Gasteiger partial charge in [0, 0.05) is 11.3 Å². The SMILES string of the molecule is O=C1CC(c2ccsc2)(c2cccc(Br)n2)NC(=O)C1Sc1ccc(F)cc1Cl. The number of thiophene rings is 1. The zero-order valence-electron chi connectivity index (χ0n) is 14.7. The summed E-state index contributed by atoms with van der Waals surface area (Å²) < 4.78 is 13.9. The highest BCUT2D eigenvalue weighted by molar-refractivity contribution is 9.10. The normalized spacial score (nSPS) is 21.8. The number of nitrogens with one attached hydrogen (secondary N) is 1. The van der Waals surface area contributed by atoms with Crippen LogP contribution in [0.5, 0.6) is 0 Å². The fourth-order valence-corrected chi connectivity index (χ4v) is 5.59. The summed E-state index contributed by atoms with van der Waals surface area (Å²) in [6, 6.07) is 11.2. The number of ketones is 1. The van der Waals surface area contributed by atoms with E-state index in [0.29, 0.717) is 15.2 Å². The van der Waals surface area contributed by atoms with Crippen molar-refractivity contribution in [3.05, 3.63) is 79.9 Å². The molecule has 1 amide bonds. The predicted molar refractivity (Wildman–Crippen MR) is 116 cm³/mol.